The van der Waals surface area contributed by atoms with Crippen LogP contribution < -0.4 is 11.5 Å². The fraction of sp³-hybridized carbons (Fsp3) is 0.929. The van der Waals surface area contributed by atoms with Crippen LogP contribution in [0.25, 0.3) is 0 Å². The number of rotatable bonds is 6. The molecule has 3 unspecified atom stereocenters. The van der Waals surface area contributed by atoms with E-state index < -0.39 is 0 Å². The average Bonchev–Trinajstić information content (AvgIpc) is 2.35. The van der Waals surface area contributed by atoms with Gasteiger partial charge in [0, 0.05) is 17.2 Å². The summed E-state index contributed by atoms with van der Waals surface area (Å²) in [6.07, 6.45) is 5.00. The van der Waals surface area contributed by atoms with Gasteiger partial charge in [-0.2, -0.15) is 0 Å². The molecule has 0 aromatic rings. The van der Waals surface area contributed by atoms with Crippen LogP contribution in [0.5, 0.6) is 0 Å². The van der Waals surface area contributed by atoms with E-state index in [1.54, 1.807) is 6.21 Å². The van der Waals surface area contributed by atoms with E-state index in [1.165, 1.54) is 0 Å². The Labute approximate surface area is 106 Å². The van der Waals surface area contributed by atoms with E-state index in [4.69, 9.17) is 16.9 Å². The van der Waals surface area contributed by atoms with E-state index in [0.717, 1.165) is 25.8 Å². The third-order valence-corrected chi connectivity index (χ3v) is 5.62. The van der Waals surface area contributed by atoms with Crippen LogP contribution in [0, 0.1) is 28.6 Å². The lowest BCUT2D eigenvalue weighted by molar-refractivity contribution is -0.0928. The van der Waals surface area contributed by atoms with Crippen molar-refractivity contribution in [2.24, 2.45) is 34.6 Å². The number of nitrogens with one attached hydrogen (secondary N) is 1. The average molecular weight is 239 g/mol. The zero-order valence-corrected chi connectivity index (χ0v) is 11.8. The van der Waals surface area contributed by atoms with E-state index in [-0.39, 0.29) is 11.0 Å². The summed E-state index contributed by atoms with van der Waals surface area (Å²) in [5.74, 6) is 1.28. The minimum Gasteiger partial charge on any atom is -0.330 e. The fourth-order valence-electron chi connectivity index (χ4n) is 3.68. The number of nitrogens with two attached hydrogens (primary N) is 2. The van der Waals surface area contributed by atoms with Gasteiger partial charge in [-0.1, -0.05) is 34.1 Å². The highest BCUT2D eigenvalue weighted by Gasteiger charge is 2.63. The van der Waals surface area contributed by atoms with E-state index >= 15 is 0 Å². The maximum absolute atomic E-state index is 7.61. The van der Waals surface area contributed by atoms with E-state index in [2.05, 4.69) is 27.7 Å². The Balaban J connectivity index is 2.67. The van der Waals surface area contributed by atoms with Gasteiger partial charge in [-0.05, 0) is 37.1 Å². The Morgan fingerprint density at radius 2 is 1.82 bits per heavy atom. The van der Waals surface area contributed by atoms with Gasteiger partial charge in [-0.25, -0.2) is 0 Å². The van der Waals surface area contributed by atoms with Gasteiger partial charge in [0.2, 0.25) is 0 Å². The summed E-state index contributed by atoms with van der Waals surface area (Å²) >= 11 is 0. The maximum Gasteiger partial charge on any atom is 0.0249 e. The predicted molar refractivity (Wildman–Crippen MR) is 74.2 cm³/mol. The van der Waals surface area contributed by atoms with Gasteiger partial charge in [-0.15, -0.1) is 0 Å². The van der Waals surface area contributed by atoms with Crippen LogP contribution in [0.15, 0.2) is 0 Å². The zero-order chi connectivity index (χ0) is 13.3. The zero-order valence-electron chi connectivity index (χ0n) is 11.8. The highest BCUT2D eigenvalue weighted by atomic mass is 14.9. The molecule has 0 aromatic carbocycles. The number of unbranched alkanes of at least 4 members (excludes halogenated alkanes) is 1. The van der Waals surface area contributed by atoms with Crippen molar-refractivity contribution < 1.29 is 0 Å². The highest BCUT2D eigenvalue weighted by Crippen LogP contribution is 2.59. The van der Waals surface area contributed by atoms with Crippen LogP contribution in [0.3, 0.4) is 0 Å². The number of hydrogen-bond acceptors (Lipinski definition) is 3. The monoisotopic (exact) mass is 239 g/mol. The van der Waals surface area contributed by atoms with E-state index in [1.807, 2.05) is 0 Å². The van der Waals surface area contributed by atoms with Crippen molar-refractivity contribution >= 4 is 6.21 Å². The van der Waals surface area contributed by atoms with Gasteiger partial charge in [-0.3, -0.25) is 0 Å². The molecule has 3 nitrogen and oxygen atoms in total. The largest absolute Gasteiger partial charge is 0.330 e. The molecule has 1 fully saturated rings. The molecule has 0 aliphatic heterocycles. The highest BCUT2D eigenvalue weighted by molar-refractivity contribution is 5.66. The fourth-order valence-corrected chi connectivity index (χ4v) is 3.68. The van der Waals surface area contributed by atoms with Crippen molar-refractivity contribution in [2.45, 2.75) is 52.5 Å². The van der Waals surface area contributed by atoms with Crippen molar-refractivity contribution in [3.63, 3.8) is 0 Å². The van der Waals surface area contributed by atoms with Crippen LogP contribution in [0.1, 0.15) is 47.0 Å². The van der Waals surface area contributed by atoms with Gasteiger partial charge < -0.3 is 16.9 Å². The topological polar surface area (TPSA) is 75.9 Å². The van der Waals surface area contributed by atoms with E-state index in [0.29, 0.717) is 17.8 Å². The van der Waals surface area contributed by atoms with Crippen LogP contribution in [-0.4, -0.2) is 18.3 Å². The molecule has 5 N–H and O–H groups in total. The Morgan fingerprint density at radius 1 is 1.29 bits per heavy atom. The first-order chi connectivity index (χ1) is 7.85. The molecule has 0 aromatic heterocycles. The summed E-state index contributed by atoms with van der Waals surface area (Å²) in [6.45, 7) is 9.59. The summed E-state index contributed by atoms with van der Waals surface area (Å²) in [7, 11) is 0. The minimum absolute atomic E-state index is 0.0170. The molecule has 1 aliphatic rings. The van der Waals surface area contributed by atoms with Crippen molar-refractivity contribution in [2.75, 3.05) is 6.54 Å². The molecular formula is C14H29N3. The molecule has 3 heteroatoms. The Hall–Kier alpha value is -0.410. The molecule has 0 radical (unpaired) electrons. The van der Waals surface area contributed by atoms with Gasteiger partial charge >= 0.3 is 0 Å². The summed E-state index contributed by atoms with van der Waals surface area (Å²) in [4.78, 5) is 0. The molecule has 1 saturated carbocycles. The standard InChI is InChI=1S/C14H29N3/c1-10(7-5-6-8-15)14(17)11(2)13(4,9-16)12(14)3/h9-12,16H,5-8,15,17H2,1-4H3. The molecule has 0 amide bonds. The third kappa shape index (κ3) is 2.04. The van der Waals surface area contributed by atoms with E-state index in [9.17, 15) is 0 Å². The second-order valence-electron chi connectivity index (χ2n) is 6.14. The summed E-state index contributed by atoms with van der Waals surface area (Å²) in [6, 6.07) is 0. The Bertz CT molecular complexity index is 265. The smallest absolute Gasteiger partial charge is 0.0249 e. The number of hydrogen-bond donors (Lipinski definition) is 3. The second kappa shape index (κ2) is 5.07. The summed E-state index contributed by atoms with van der Waals surface area (Å²) in [5, 5.41) is 7.61. The maximum atomic E-state index is 7.61. The van der Waals surface area contributed by atoms with Gasteiger partial charge in [0.25, 0.3) is 0 Å². The normalized spacial score (nSPS) is 42.9. The first-order valence-corrected chi connectivity index (χ1v) is 6.86. The lowest BCUT2D eigenvalue weighted by Crippen LogP contribution is -2.74. The third-order valence-electron chi connectivity index (χ3n) is 5.62. The SMILES string of the molecule is CC(CCCCN)C1(N)C(C)C(C)(C=N)C1C. The van der Waals surface area contributed by atoms with Crippen molar-refractivity contribution in [3.8, 4) is 0 Å². The second-order valence-corrected chi connectivity index (χ2v) is 6.14. The van der Waals surface area contributed by atoms with Crippen molar-refractivity contribution in [1.29, 1.82) is 5.41 Å². The van der Waals surface area contributed by atoms with Gasteiger partial charge in [0.15, 0.2) is 0 Å². The van der Waals surface area contributed by atoms with Crippen molar-refractivity contribution in [3.05, 3.63) is 0 Å². The molecule has 0 heterocycles. The molecule has 0 bridgehead atoms. The lowest BCUT2D eigenvalue weighted by Gasteiger charge is -2.65. The minimum atomic E-state index is -0.110. The molecule has 0 saturated heterocycles. The van der Waals surface area contributed by atoms with Crippen LogP contribution >= 0.6 is 0 Å². The van der Waals surface area contributed by atoms with Crippen LogP contribution in [0.2, 0.25) is 0 Å². The predicted octanol–water partition coefficient (Wildman–Crippen LogP) is 2.39. The van der Waals surface area contributed by atoms with Gasteiger partial charge in [0.1, 0.15) is 0 Å². The quantitative estimate of drug-likeness (QED) is 0.492. The van der Waals surface area contributed by atoms with Crippen LogP contribution in [-0.2, 0) is 0 Å². The van der Waals surface area contributed by atoms with Crippen molar-refractivity contribution in [1.82, 2.24) is 0 Å². The first kappa shape index (κ1) is 14.7. The Morgan fingerprint density at radius 3 is 2.24 bits per heavy atom. The summed E-state index contributed by atoms with van der Waals surface area (Å²) in [5.41, 5.74) is 12.0. The molecular weight excluding hydrogens is 210 g/mol. The molecule has 100 valence electrons. The van der Waals surface area contributed by atoms with Crippen LogP contribution in [0.4, 0.5) is 0 Å². The first-order valence-electron chi connectivity index (χ1n) is 6.86. The Kier molecular flexibility index (Phi) is 4.37. The summed E-state index contributed by atoms with van der Waals surface area (Å²) < 4.78 is 0. The molecule has 3 atom stereocenters. The molecule has 1 rings (SSSR count). The molecule has 1 aliphatic carbocycles. The molecule has 0 spiro atoms. The lowest BCUT2D eigenvalue weighted by atomic mass is 9.42. The molecule has 17 heavy (non-hydrogen) atoms. The van der Waals surface area contributed by atoms with Gasteiger partial charge in [0.05, 0.1) is 0 Å².